The third-order valence-electron chi connectivity index (χ3n) is 2.32. The van der Waals surface area contributed by atoms with E-state index in [1.165, 1.54) is 0 Å². The molecule has 0 atom stereocenters. The maximum Gasteiger partial charge on any atom is 0.290 e. The molecule has 0 bridgehead atoms. The molecule has 0 saturated carbocycles. The van der Waals surface area contributed by atoms with Gasteiger partial charge in [-0.2, -0.15) is 0 Å². The van der Waals surface area contributed by atoms with E-state index in [0.29, 0.717) is 11.3 Å². The van der Waals surface area contributed by atoms with E-state index in [-0.39, 0.29) is 11.1 Å². The first-order chi connectivity index (χ1) is 8.19. The highest BCUT2D eigenvalue weighted by molar-refractivity contribution is 8.18. The van der Waals surface area contributed by atoms with Gasteiger partial charge in [0.2, 0.25) is 0 Å². The Balaban J connectivity index is 2.04. The molecule has 88 valence electrons. The molecule has 1 aliphatic heterocycles. The zero-order chi connectivity index (χ0) is 12.3. The van der Waals surface area contributed by atoms with Gasteiger partial charge in [-0.25, -0.2) is 0 Å². The van der Waals surface area contributed by atoms with E-state index in [9.17, 15) is 9.59 Å². The van der Waals surface area contributed by atoms with E-state index in [0.717, 1.165) is 23.1 Å². The normalized spacial score (nSPS) is 17.4. The average Bonchev–Trinajstić information content (AvgIpc) is 2.66. The smallest absolute Gasteiger partial charge is 0.290 e. The van der Waals surface area contributed by atoms with Gasteiger partial charge in [-0.3, -0.25) is 14.9 Å². The van der Waals surface area contributed by atoms with Crippen LogP contribution in [0.4, 0.5) is 4.79 Å². The van der Waals surface area contributed by atoms with Crippen LogP contribution in [-0.2, 0) is 11.2 Å². The standard InChI is InChI=1S/C12H11NO3S/c1-16-9-5-2-8(3-6-9)4-7-10-11(14)13-12(15)17-10/h2-3,5-7H,4H2,1H3,(H,13,14,15). The number of thioether (sulfide) groups is 1. The van der Waals surface area contributed by atoms with Gasteiger partial charge in [0.25, 0.3) is 11.1 Å². The number of hydrogen-bond acceptors (Lipinski definition) is 4. The summed E-state index contributed by atoms with van der Waals surface area (Å²) in [6.45, 7) is 0. The average molecular weight is 249 g/mol. The quantitative estimate of drug-likeness (QED) is 0.833. The molecule has 2 amide bonds. The van der Waals surface area contributed by atoms with Crippen LogP contribution in [-0.4, -0.2) is 18.3 Å². The second kappa shape index (κ2) is 5.05. The molecule has 0 unspecified atom stereocenters. The van der Waals surface area contributed by atoms with Crippen molar-refractivity contribution in [2.24, 2.45) is 0 Å². The third-order valence-corrected chi connectivity index (χ3v) is 3.18. The van der Waals surface area contributed by atoms with Gasteiger partial charge in [0, 0.05) is 0 Å². The van der Waals surface area contributed by atoms with E-state index >= 15 is 0 Å². The van der Waals surface area contributed by atoms with Crippen LogP contribution in [0.15, 0.2) is 35.2 Å². The van der Waals surface area contributed by atoms with Crippen molar-refractivity contribution < 1.29 is 14.3 Å². The SMILES string of the molecule is COc1ccc(CC=C2SC(=O)NC2=O)cc1. The molecular formula is C12H11NO3S. The molecule has 17 heavy (non-hydrogen) atoms. The van der Waals surface area contributed by atoms with Crippen molar-refractivity contribution in [3.8, 4) is 5.75 Å². The number of amides is 2. The topological polar surface area (TPSA) is 55.4 Å². The van der Waals surface area contributed by atoms with E-state index in [2.05, 4.69) is 5.32 Å². The van der Waals surface area contributed by atoms with Crippen molar-refractivity contribution in [1.29, 1.82) is 0 Å². The van der Waals surface area contributed by atoms with Crippen LogP contribution in [0.5, 0.6) is 5.75 Å². The van der Waals surface area contributed by atoms with Crippen LogP contribution in [0, 0.1) is 0 Å². The van der Waals surface area contributed by atoms with E-state index in [4.69, 9.17) is 4.74 Å². The Bertz CT molecular complexity index is 479. The fourth-order valence-corrected chi connectivity index (χ4v) is 2.09. The lowest BCUT2D eigenvalue weighted by Crippen LogP contribution is -2.17. The monoisotopic (exact) mass is 249 g/mol. The van der Waals surface area contributed by atoms with Crippen LogP contribution in [0.2, 0.25) is 0 Å². The minimum Gasteiger partial charge on any atom is -0.497 e. The summed E-state index contributed by atoms with van der Waals surface area (Å²) < 4.78 is 5.05. The zero-order valence-electron chi connectivity index (χ0n) is 9.23. The van der Waals surface area contributed by atoms with E-state index in [1.807, 2.05) is 24.3 Å². The summed E-state index contributed by atoms with van der Waals surface area (Å²) in [5.74, 6) is 0.484. The number of nitrogens with one attached hydrogen (secondary N) is 1. The lowest BCUT2D eigenvalue weighted by molar-refractivity contribution is -0.115. The second-order valence-corrected chi connectivity index (χ2v) is 4.48. The summed E-state index contributed by atoms with van der Waals surface area (Å²) >= 11 is 0.937. The molecule has 1 heterocycles. The molecule has 1 aromatic carbocycles. The maximum atomic E-state index is 11.3. The van der Waals surface area contributed by atoms with Crippen molar-refractivity contribution >= 4 is 22.9 Å². The summed E-state index contributed by atoms with van der Waals surface area (Å²) in [6.07, 6.45) is 2.37. The van der Waals surface area contributed by atoms with Crippen molar-refractivity contribution in [3.63, 3.8) is 0 Å². The summed E-state index contributed by atoms with van der Waals surface area (Å²) in [7, 11) is 1.61. The molecule has 4 nitrogen and oxygen atoms in total. The number of carbonyl (C=O) groups is 2. The molecule has 2 rings (SSSR count). The largest absolute Gasteiger partial charge is 0.497 e. The van der Waals surface area contributed by atoms with Crippen LogP contribution in [0.3, 0.4) is 0 Å². The molecule has 0 aromatic heterocycles. The Morgan fingerprint density at radius 1 is 1.29 bits per heavy atom. The number of methoxy groups -OCH3 is 1. The molecule has 1 aliphatic rings. The van der Waals surface area contributed by atoms with E-state index < -0.39 is 0 Å². The van der Waals surface area contributed by atoms with Crippen molar-refractivity contribution in [3.05, 3.63) is 40.8 Å². The predicted octanol–water partition coefficient (Wildman–Crippen LogP) is 2.10. The Morgan fingerprint density at radius 3 is 2.53 bits per heavy atom. The molecule has 0 radical (unpaired) electrons. The van der Waals surface area contributed by atoms with E-state index in [1.54, 1.807) is 13.2 Å². The number of imide groups is 1. The van der Waals surface area contributed by atoms with Gasteiger partial charge in [0.1, 0.15) is 5.75 Å². The molecule has 1 saturated heterocycles. The summed E-state index contributed by atoms with van der Waals surface area (Å²) in [5.41, 5.74) is 1.06. The predicted molar refractivity (Wildman–Crippen MR) is 65.9 cm³/mol. The van der Waals surface area contributed by atoms with Crippen LogP contribution in [0.1, 0.15) is 5.56 Å². The fourth-order valence-electron chi connectivity index (χ4n) is 1.43. The lowest BCUT2D eigenvalue weighted by atomic mass is 10.1. The number of rotatable bonds is 3. The van der Waals surface area contributed by atoms with Gasteiger partial charge in [-0.1, -0.05) is 18.2 Å². The van der Waals surface area contributed by atoms with Crippen molar-refractivity contribution in [1.82, 2.24) is 5.32 Å². The summed E-state index contributed by atoms with van der Waals surface area (Å²) in [4.78, 5) is 22.7. The number of benzene rings is 1. The summed E-state index contributed by atoms with van der Waals surface area (Å²) in [5, 5.41) is 1.91. The van der Waals surface area contributed by atoms with Gasteiger partial charge in [-0.05, 0) is 35.9 Å². The molecule has 0 aliphatic carbocycles. The number of allylic oxidation sites excluding steroid dienone is 1. The lowest BCUT2D eigenvalue weighted by Gasteiger charge is -2.00. The van der Waals surface area contributed by atoms with Crippen LogP contribution >= 0.6 is 11.8 Å². The first-order valence-electron chi connectivity index (χ1n) is 5.05. The maximum absolute atomic E-state index is 11.3. The van der Waals surface area contributed by atoms with Crippen LogP contribution in [0.25, 0.3) is 0 Å². The zero-order valence-corrected chi connectivity index (χ0v) is 10.0. The Kier molecular flexibility index (Phi) is 3.49. The van der Waals surface area contributed by atoms with Gasteiger partial charge in [0.15, 0.2) is 0 Å². The molecule has 0 spiro atoms. The Hall–Kier alpha value is -1.75. The highest BCUT2D eigenvalue weighted by atomic mass is 32.2. The van der Waals surface area contributed by atoms with Gasteiger partial charge < -0.3 is 4.74 Å². The molecule has 5 heteroatoms. The second-order valence-electron chi connectivity index (χ2n) is 3.46. The van der Waals surface area contributed by atoms with Gasteiger partial charge in [-0.15, -0.1) is 0 Å². The summed E-state index contributed by atoms with van der Waals surface area (Å²) in [6, 6.07) is 7.58. The first-order valence-corrected chi connectivity index (χ1v) is 5.87. The first kappa shape index (κ1) is 11.7. The van der Waals surface area contributed by atoms with Gasteiger partial charge >= 0.3 is 0 Å². The fraction of sp³-hybridized carbons (Fsp3) is 0.167. The third kappa shape index (κ3) is 2.88. The molecule has 1 fully saturated rings. The number of ether oxygens (including phenoxy) is 1. The number of carbonyl (C=O) groups excluding carboxylic acids is 2. The molecule has 1 aromatic rings. The number of hydrogen-bond donors (Lipinski definition) is 1. The van der Waals surface area contributed by atoms with Crippen LogP contribution < -0.4 is 10.1 Å². The van der Waals surface area contributed by atoms with Crippen molar-refractivity contribution in [2.45, 2.75) is 6.42 Å². The minimum absolute atomic E-state index is 0.309. The Labute approximate surface area is 103 Å². The van der Waals surface area contributed by atoms with Gasteiger partial charge in [0.05, 0.1) is 12.0 Å². The highest BCUT2D eigenvalue weighted by Gasteiger charge is 2.24. The Morgan fingerprint density at radius 2 is 2.00 bits per heavy atom. The molecule has 1 N–H and O–H groups in total. The highest BCUT2D eigenvalue weighted by Crippen LogP contribution is 2.23. The van der Waals surface area contributed by atoms with Crippen molar-refractivity contribution in [2.75, 3.05) is 7.11 Å². The molecular weight excluding hydrogens is 238 g/mol. The minimum atomic E-state index is -0.312.